The Hall–Kier alpha value is -0.450. The molecule has 2 rings (SSSR count). The van der Waals surface area contributed by atoms with Crippen molar-refractivity contribution >= 4 is 5.78 Å². The van der Waals surface area contributed by atoms with Gasteiger partial charge in [-0.3, -0.25) is 9.69 Å². The van der Waals surface area contributed by atoms with Crippen molar-refractivity contribution < 1.29 is 9.53 Å². The van der Waals surface area contributed by atoms with E-state index < -0.39 is 0 Å². The molecule has 0 spiro atoms. The second-order valence-corrected chi connectivity index (χ2v) is 4.99. The highest BCUT2D eigenvalue weighted by Crippen LogP contribution is 2.29. The molecule has 92 valence electrons. The Balaban J connectivity index is 1.62. The second kappa shape index (κ2) is 5.75. The van der Waals surface area contributed by atoms with E-state index in [0.29, 0.717) is 6.54 Å². The van der Waals surface area contributed by atoms with E-state index in [2.05, 4.69) is 9.80 Å². The molecule has 2 fully saturated rings. The zero-order chi connectivity index (χ0) is 11.4. The van der Waals surface area contributed by atoms with Gasteiger partial charge in [0.2, 0.25) is 0 Å². The topological polar surface area (TPSA) is 32.8 Å². The maximum atomic E-state index is 11.4. The fraction of sp³-hybridized carbons (Fsp3) is 0.917. The van der Waals surface area contributed by atoms with E-state index in [1.54, 1.807) is 7.11 Å². The Labute approximate surface area is 97.5 Å². The van der Waals surface area contributed by atoms with Crippen LogP contribution < -0.4 is 0 Å². The molecule has 0 radical (unpaired) electrons. The van der Waals surface area contributed by atoms with Crippen LogP contribution >= 0.6 is 0 Å². The van der Waals surface area contributed by atoms with Gasteiger partial charge in [-0.2, -0.15) is 0 Å². The Kier molecular flexibility index (Phi) is 4.32. The molecule has 1 heterocycles. The molecule has 1 aliphatic carbocycles. The van der Waals surface area contributed by atoms with E-state index in [1.165, 1.54) is 19.4 Å². The van der Waals surface area contributed by atoms with E-state index in [4.69, 9.17) is 4.74 Å². The highest BCUT2D eigenvalue weighted by molar-refractivity contribution is 5.81. The van der Waals surface area contributed by atoms with Crippen LogP contribution in [0.4, 0.5) is 0 Å². The third-order valence-electron chi connectivity index (χ3n) is 3.38. The summed E-state index contributed by atoms with van der Waals surface area (Å²) in [7, 11) is 1.57. The molecule has 0 amide bonds. The highest BCUT2D eigenvalue weighted by Gasteiger charge is 2.26. The third kappa shape index (κ3) is 3.85. The van der Waals surface area contributed by atoms with Gasteiger partial charge in [-0.05, 0) is 18.8 Å². The summed E-state index contributed by atoms with van der Waals surface area (Å²) >= 11 is 0. The van der Waals surface area contributed by atoms with Crippen molar-refractivity contribution in [3.63, 3.8) is 0 Å². The van der Waals surface area contributed by atoms with Gasteiger partial charge in [-0.1, -0.05) is 0 Å². The summed E-state index contributed by atoms with van der Waals surface area (Å²) < 4.78 is 4.84. The van der Waals surface area contributed by atoms with Crippen molar-refractivity contribution in [1.29, 1.82) is 0 Å². The molecule has 0 aromatic rings. The number of ketones is 1. The lowest BCUT2D eigenvalue weighted by molar-refractivity contribution is -0.124. The maximum Gasteiger partial charge on any atom is 0.172 e. The van der Waals surface area contributed by atoms with E-state index in [1.807, 2.05) is 0 Å². The molecule has 16 heavy (non-hydrogen) atoms. The molecule has 0 unspecified atom stereocenters. The summed E-state index contributed by atoms with van der Waals surface area (Å²) in [6.07, 6.45) is 2.85. The van der Waals surface area contributed by atoms with Gasteiger partial charge in [-0.15, -0.1) is 0 Å². The van der Waals surface area contributed by atoms with Gasteiger partial charge in [0.1, 0.15) is 6.61 Å². The summed E-state index contributed by atoms with van der Waals surface area (Å²) in [4.78, 5) is 16.2. The van der Waals surface area contributed by atoms with Gasteiger partial charge in [0.25, 0.3) is 0 Å². The minimum atomic E-state index is 0.193. The van der Waals surface area contributed by atoms with E-state index in [-0.39, 0.29) is 12.4 Å². The van der Waals surface area contributed by atoms with Crippen LogP contribution in [-0.2, 0) is 9.53 Å². The molecule has 0 atom stereocenters. The van der Waals surface area contributed by atoms with Crippen LogP contribution in [0.1, 0.15) is 12.8 Å². The molecule has 1 saturated heterocycles. The Morgan fingerprint density at radius 2 is 1.81 bits per heavy atom. The lowest BCUT2D eigenvalue weighted by Gasteiger charge is -2.34. The number of hydrogen-bond donors (Lipinski definition) is 0. The Morgan fingerprint density at radius 1 is 1.19 bits per heavy atom. The highest BCUT2D eigenvalue weighted by atomic mass is 16.5. The molecule has 2 aliphatic rings. The zero-order valence-corrected chi connectivity index (χ0v) is 10.2. The standard InChI is InChI=1S/C12H22N2O2/c1-16-10-12(15)9-14-6-4-13(5-7-14)8-11-2-3-11/h11H,2-10H2,1H3. The molecule has 1 saturated carbocycles. The number of nitrogens with zero attached hydrogens (tertiary/aromatic N) is 2. The van der Waals surface area contributed by atoms with Crippen LogP contribution in [0.25, 0.3) is 0 Å². The van der Waals surface area contributed by atoms with Crippen LogP contribution in [0.5, 0.6) is 0 Å². The van der Waals surface area contributed by atoms with E-state index >= 15 is 0 Å². The minimum absolute atomic E-state index is 0.193. The van der Waals surface area contributed by atoms with Crippen LogP contribution in [0.15, 0.2) is 0 Å². The predicted molar refractivity (Wildman–Crippen MR) is 62.5 cm³/mol. The number of Topliss-reactive ketones (excluding diaryl/α,β-unsaturated/α-hetero) is 1. The normalized spacial score (nSPS) is 23.6. The second-order valence-electron chi connectivity index (χ2n) is 4.99. The van der Waals surface area contributed by atoms with Crippen LogP contribution in [-0.4, -0.2) is 68.6 Å². The van der Waals surface area contributed by atoms with Crippen LogP contribution in [0.3, 0.4) is 0 Å². The fourth-order valence-electron chi connectivity index (χ4n) is 2.25. The lowest BCUT2D eigenvalue weighted by Crippen LogP contribution is -2.48. The number of rotatable bonds is 6. The molecule has 4 nitrogen and oxygen atoms in total. The number of hydrogen-bond acceptors (Lipinski definition) is 4. The first-order valence-electron chi connectivity index (χ1n) is 6.23. The zero-order valence-electron chi connectivity index (χ0n) is 10.2. The molecule has 0 N–H and O–H groups in total. The van der Waals surface area contributed by atoms with Gasteiger partial charge in [0.05, 0.1) is 6.54 Å². The smallest absolute Gasteiger partial charge is 0.172 e. The summed E-state index contributed by atoms with van der Waals surface area (Å²) in [5, 5.41) is 0. The van der Waals surface area contributed by atoms with E-state index in [9.17, 15) is 4.79 Å². The number of piperazine rings is 1. The Morgan fingerprint density at radius 3 is 2.38 bits per heavy atom. The monoisotopic (exact) mass is 226 g/mol. The quantitative estimate of drug-likeness (QED) is 0.649. The molecule has 1 aliphatic heterocycles. The van der Waals surface area contributed by atoms with Gasteiger partial charge in [-0.25, -0.2) is 0 Å². The lowest BCUT2D eigenvalue weighted by atomic mass is 10.2. The minimum Gasteiger partial charge on any atom is -0.377 e. The molecule has 0 aromatic heterocycles. The van der Waals surface area contributed by atoms with Crippen molar-refractivity contribution in [1.82, 2.24) is 9.80 Å². The van der Waals surface area contributed by atoms with Gasteiger partial charge in [0.15, 0.2) is 5.78 Å². The van der Waals surface area contributed by atoms with Crippen LogP contribution in [0, 0.1) is 5.92 Å². The number of carbonyl (C=O) groups is 1. The molecule has 4 heteroatoms. The number of methoxy groups -OCH3 is 1. The molecular weight excluding hydrogens is 204 g/mol. The average Bonchev–Trinajstić information content (AvgIpc) is 3.05. The summed E-state index contributed by atoms with van der Waals surface area (Å²) in [6, 6.07) is 0. The maximum absolute atomic E-state index is 11.4. The number of ether oxygens (including phenoxy) is 1. The van der Waals surface area contributed by atoms with Crippen molar-refractivity contribution in [3.05, 3.63) is 0 Å². The molecular formula is C12H22N2O2. The van der Waals surface area contributed by atoms with Gasteiger partial charge < -0.3 is 9.64 Å². The van der Waals surface area contributed by atoms with Crippen LogP contribution in [0.2, 0.25) is 0 Å². The predicted octanol–water partition coefficient (Wildman–Crippen LogP) is 0.230. The Bertz CT molecular complexity index is 233. The first-order chi connectivity index (χ1) is 7.78. The SMILES string of the molecule is COCC(=O)CN1CCN(CC2CC2)CC1. The number of carbonyl (C=O) groups excluding carboxylic acids is 1. The summed E-state index contributed by atoms with van der Waals surface area (Å²) in [5.41, 5.74) is 0. The average molecular weight is 226 g/mol. The first-order valence-corrected chi connectivity index (χ1v) is 6.23. The summed E-state index contributed by atoms with van der Waals surface area (Å²) in [5.74, 6) is 1.17. The summed E-state index contributed by atoms with van der Waals surface area (Å²) in [6.45, 7) is 6.39. The third-order valence-corrected chi connectivity index (χ3v) is 3.38. The van der Waals surface area contributed by atoms with Crippen molar-refractivity contribution in [2.24, 2.45) is 5.92 Å². The van der Waals surface area contributed by atoms with Crippen molar-refractivity contribution in [2.45, 2.75) is 12.8 Å². The molecule has 0 aromatic carbocycles. The van der Waals surface area contributed by atoms with Gasteiger partial charge in [0, 0.05) is 39.8 Å². The van der Waals surface area contributed by atoms with Crippen molar-refractivity contribution in [3.8, 4) is 0 Å². The molecule has 0 bridgehead atoms. The van der Waals surface area contributed by atoms with Crippen molar-refractivity contribution in [2.75, 3.05) is 53.0 Å². The first kappa shape index (κ1) is 12.0. The van der Waals surface area contributed by atoms with E-state index in [0.717, 1.165) is 32.1 Å². The van der Waals surface area contributed by atoms with Gasteiger partial charge >= 0.3 is 0 Å². The largest absolute Gasteiger partial charge is 0.377 e. The fourth-order valence-corrected chi connectivity index (χ4v) is 2.25.